The Bertz CT molecular complexity index is 1080. The molecule has 8 nitrogen and oxygen atoms in total. The van der Waals surface area contributed by atoms with Gasteiger partial charge in [0.15, 0.2) is 17.1 Å². The summed E-state index contributed by atoms with van der Waals surface area (Å²) in [5, 5.41) is 22.3. The maximum absolute atomic E-state index is 12.5. The molecule has 10 heteroatoms. The molecule has 0 radical (unpaired) electrons. The highest BCUT2D eigenvalue weighted by molar-refractivity contribution is 7.99. The number of para-hydroxylation sites is 1. The minimum absolute atomic E-state index is 0.122. The first-order chi connectivity index (χ1) is 16.0. The van der Waals surface area contributed by atoms with Crippen molar-refractivity contribution in [2.45, 2.75) is 76.6 Å². The monoisotopic (exact) mass is 486 g/mol. The van der Waals surface area contributed by atoms with E-state index in [0.29, 0.717) is 22.8 Å². The summed E-state index contributed by atoms with van der Waals surface area (Å²) in [4.78, 5) is 12.5. The largest absolute Gasteiger partial charge is 0.482 e. The van der Waals surface area contributed by atoms with Gasteiger partial charge >= 0.3 is 0 Å². The van der Waals surface area contributed by atoms with E-state index in [2.05, 4.69) is 25.7 Å². The molecule has 1 aliphatic rings. The predicted molar refractivity (Wildman–Crippen MR) is 131 cm³/mol. The molecule has 1 aliphatic carbocycles. The Morgan fingerprint density at radius 1 is 1.21 bits per heavy atom. The van der Waals surface area contributed by atoms with Gasteiger partial charge in [0.1, 0.15) is 10.8 Å². The van der Waals surface area contributed by atoms with E-state index >= 15 is 0 Å². The van der Waals surface area contributed by atoms with Gasteiger partial charge in [-0.05, 0) is 45.2 Å². The third-order valence-corrected chi connectivity index (χ3v) is 7.76. The maximum atomic E-state index is 12.5. The molecule has 2 aromatic heterocycles. The van der Waals surface area contributed by atoms with Gasteiger partial charge < -0.3 is 9.30 Å². The summed E-state index contributed by atoms with van der Waals surface area (Å²) in [6.45, 7) is 6.70. The van der Waals surface area contributed by atoms with Crippen LogP contribution in [0.5, 0.6) is 5.75 Å². The zero-order chi connectivity index (χ0) is 23.2. The number of rotatable bonds is 9. The molecule has 176 valence electrons. The number of thioether (sulfide) groups is 1. The van der Waals surface area contributed by atoms with Crippen molar-refractivity contribution in [3.63, 3.8) is 0 Å². The third kappa shape index (κ3) is 5.92. The topological polar surface area (TPSA) is 94.8 Å². The fourth-order valence-electron chi connectivity index (χ4n) is 4.02. The molecule has 0 aliphatic heterocycles. The molecule has 1 unspecified atom stereocenters. The number of aromatic nitrogens is 5. The Morgan fingerprint density at radius 2 is 2.00 bits per heavy atom. The van der Waals surface area contributed by atoms with Gasteiger partial charge in [-0.1, -0.05) is 60.6 Å². The second kappa shape index (κ2) is 11.1. The Labute approximate surface area is 202 Å². The number of carbonyl (C=O) groups is 1. The molecular formula is C23H30N6O2S2. The molecule has 33 heavy (non-hydrogen) atoms. The number of benzene rings is 1. The highest BCUT2D eigenvalue weighted by Crippen LogP contribution is 2.35. The summed E-state index contributed by atoms with van der Waals surface area (Å²) >= 11 is 2.85. The average molecular weight is 487 g/mol. The highest BCUT2D eigenvalue weighted by Gasteiger charge is 2.22. The molecule has 1 atom stereocenters. The number of nitrogens with one attached hydrogen (secondary N) is 1. The molecule has 1 saturated carbocycles. The summed E-state index contributed by atoms with van der Waals surface area (Å²) in [6.07, 6.45) is 5.87. The fraction of sp³-hybridized carbons (Fsp3) is 0.522. The molecule has 4 rings (SSSR count). The third-order valence-electron chi connectivity index (χ3n) is 5.80. The SMILES string of the molecule is CCn1c(SCC(=O)Nc2nnc(C3CCCCC3)s2)nnc1C(C)Oc1ccccc1C. The van der Waals surface area contributed by atoms with E-state index in [-0.39, 0.29) is 17.8 Å². The van der Waals surface area contributed by atoms with Crippen molar-refractivity contribution in [3.05, 3.63) is 40.7 Å². The van der Waals surface area contributed by atoms with Crippen LogP contribution in [-0.2, 0) is 11.3 Å². The smallest absolute Gasteiger partial charge is 0.236 e. The molecule has 1 fully saturated rings. The van der Waals surface area contributed by atoms with Crippen LogP contribution in [0.2, 0.25) is 0 Å². The quantitative estimate of drug-likeness (QED) is 0.406. The summed E-state index contributed by atoms with van der Waals surface area (Å²) in [6, 6.07) is 7.91. The average Bonchev–Trinajstić information content (AvgIpc) is 3.46. The van der Waals surface area contributed by atoms with Crippen molar-refractivity contribution in [2.24, 2.45) is 0 Å². The van der Waals surface area contributed by atoms with Crippen LogP contribution in [0.4, 0.5) is 5.13 Å². The van der Waals surface area contributed by atoms with Crippen molar-refractivity contribution in [3.8, 4) is 5.75 Å². The normalized spacial score (nSPS) is 15.4. The number of hydrogen-bond acceptors (Lipinski definition) is 8. The number of hydrogen-bond donors (Lipinski definition) is 1. The van der Waals surface area contributed by atoms with Crippen molar-refractivity contribution in [2.75, 3.05) is 11.1 Å². The second-order valence-corrected chi connectivity index (χ2v) is 10.2. The van der Waals surface area contributed by atoms with Gasteiger partial charge in [-0.3, -0.25) is 10.1 Å². The summed E-state index contributed by atoms with van der Waals surface area (Å²) in [5.41, 5.74) is 1.07. The van der Waals surface area contributed by atoms with Crippen LogP contribution in [0.3, 0.4) is 0 Å². The van der Waals surface area contributed by atoms with Gasteiger partial charge in [-0.25, -0.2) is 0 Å². The summed E-state index contributed by atoms with van der Waals surface area (Å²) in [5.74, 6) is 2.16. The van der Waals surface area contributed by atoms with Crippen LogP contribution in [0.1, 0.15) is 74.4 Å². The number of ether oxygens (including phenoxy) is 1. The summed E-state index contributed by atoms with van der Waals surface area (Å²) < 4.78 is 8.11. The number of aryl methyl sites for hydroxylation is 1. The van der Waals surface area contributed by atoms with Gasteiger partial charge in [0, 0.05) is 12.5 Å². The van der Waals surface area contributed by atoms with Crippen LogP contribution in [-0.4, -0.2) is 36.6 Å². The molecule has 0 spiro atoms. The van der Waals surface area contributed by atoms with E-state index in [1.54, 1.807) is 0 Å². The first-order valence-corrected chi connectivity index (χ1v) is 13.3. The Kier molecular flexibility index (Phi) is 7.97. The van der Waals surface area contributed by atoms with Gasteiger partial charge in [0.2, 0.25) is 11.0 Å². The molecule has 1 amide bonds. The lowest BCUT2D eigenvalue weighted by Gasteiger charge is -2.18. The highest BCUT2D eigenvalue weighted by atomic mass is 32.2. The molecule has 2 heterocycles. The number of amides is 1. The maximum Gasteiger partial charge on any atom is 0.236 e. The Hall–Kier alpha value is -2.46. The minimum atomic E-state index is -0.263. The predicted octanol–water partition coefficient (Wildman–Crippen LogP) is 5.38. The zero-order valence-corrected chi connectivity index (χ0v) is 20.9. The zero-order valence-electron chi connectivity index (χ0n) is 19.3. The van der Waals surface area contributed by atoms with E-state index in [4.69, 9.17) is 4.74 Å². The minimum Gasteiger partial charge on any atom is -0.482 e. The first-order valence-electron chi connectivity index (χ1n) is 11.5. The van der Waals surface area contributed by atoms with Crippen molar-refractivity contribution < 1.29 is 9.53 Å². The number of anilines is 1. The lowest BCUT2D eigenvalue weighted by Crippen LogP contribution is -2.15. The van der Waals surface area contributed by atoms with E-state index < -0.39 is 0 Å². The van der Waals surface area contributed by atoms with Crippen LogP contribution >= 0.6 is 23.1 Å². The molecule has 1 N–H and O–H groups in total. The van der Waals surface area contributed by atoms with E-state index in [1.807, 2.05) is 49.6 Å². The molecule has 0 saturated heterocycles. The van der Waals surface area contributed by atoms with Crippen molar-refractivity contribution >= 4 is 34.1 Å². The Morgan fingerprint density at radius 3 is 2.76 bits per heavy atom. The Balaban J connectivity index is 1.33. The first kappa shape index (κ1) is 23.7. The van der Waals surface area contributed by atoms with Crippen LogP contribution < -0.4 is 10.1 Å². The second-order valence-electron chi connectivity index (χ2n) is 8.23. The standard InChI is InChI=1S/C23H30N6O2S2/c1-4-29-20(16(3)31-18-13-9-8-10-15(18)2)25-28-23(29)32-14-19(30)24-22-27-26-21(33-22)17-11-6-5-7-12-17/h8-10,13,16-17H,4-7,11-12,14H2,1-3H3,(H,24,27,30). The van der Waals surface area contributed by atoms with E-state index in [9.17, 15) is 4.79 Å². The van der Waals surface area contributed by atoms with E-state index in [1.165, 1.54) is 55.2 Å². The molecule has 3 aromatic rings. The molecular weight excluding hydrogens is 456 g/mol. The number of carbonyl (C=O) groups excluding carboxylic acids is 1. The molecule has 0 bridgehead atoms. The van der Waals surface area contributed by atoms with Crippen molar-refractivity contribution in [1.82, 2.24) is 25.0 Å². The lowest BCUT2D eigenvalue weighted by atomic mass is 9.90. The van der Waals surface area contributed by atoms with Gasteiger partial charge in [-0.15, -0.1) is 20.4 Å². The van der Waals surface area contributed by atoms with Crippen LogP contribution in [0, 0.1) is 6.92 Å². The van der Waals surface area contributed by atoms with Gasteiger partial charge in [0.25, 0.3) is 0 Å². The fourth-order valence-corrected chi connectivity index (χ4v) is 5.76. The van der Waals surface area contributed by atoms with Crippen molar-refractivity contribution in [1.29, 1.82) is 0 Å². The van der Waals surface area contributed by atoms with E-state index in [0.717, 1.165) is 22.1 Å². The van der Waals surface area contributed by atoms with Gasteiger partial charge in [-0.2, -0.15) is 0 Å². The lowest BCUT2D eigenvalue weighted by molar-refractivity contribution is -0.113. The van der Waals surface area contributed by atoms with Crippen LogP contribution in [0.25, 0.3) is 0 Å². The summed E-state index contributed by atoms with van der Waals surface area (Å²) in [7, 11) is 0. The van der Waals surface area contributed by atoms with Gasteiger partial charge in [0.05, 0.1) is 5.75 Å². The molecule has 1 aromatic carbocycles. The van der Waals surface area contributed by atoms with Crippen LogP contribution in [0.15, 0.2) is 29.4 Å². The number of nitrogens with zero attached hydrogens (tertiary/aromatic N) is 5.